The van der Waals surface area contributed by atoms with Crippen LogP contribution in [0.15, 0.2) is 58.6 Å². The van der Waals surface area contributed by atoms with Crippen LogP contribution in [-0.4, -0.2) is 44.9 Å². The first-order valence-corrected chi connectivity index (χ1v) is 9.04. The minimum Gasteiger partial charge on any atom is -0.507 e. The van der Waals surface area contributed by atoms with Crippen LogP contribution < -0.4 is 0 Å². The zero-order chi connectivity index (χ0) is 20.4. The van der Waals surface area contributed by atoms with Crippen molar-refractivity contribution < 1.29 is 24.7 Å². The van der Waals surface area contributed by atoms with E-state index in [0.29, 0.717) is 11.1 Å². The summed E-state index contributed by atoms with van der Waals surface area (Å²) in [4.78, 5) is 36.6. The first-order chi connectivity index (χ1) is 13.3. The van der Waals surface area contributed by atoms with Crippen LogP contribution in [-0.2, 0) is 9.59 Å². The number of likely N-dealkylation sites (tertiary alicyclic amines) is 1. The molecule has 0 saturated carbocycles. The Bertz CT molecular complexity index is 969. The number of ketones is 1. The standard InChI is InChI=1S/C19H15BrN2O6/c20-13-5-1-12(2-6-13)17(24)15-16(21(9-10-23)19(26)18(15)25)11-3-7-14(8-4-11)22(27)28/h1-8,16,23-24H,9-10H2. The SMILES string of the molecule is O=C1C(=O)N(CCO)C(c2ccc([N+](=O)[O-])cc2)C1=C(O)c1ccc(Br)cc1. The van der Waals surface area contributed by atoms with E-state index in [4.69, 9.17) is 0 Å². The number of benzene rings is 2. The zero-order valence-corrected chi connectivity index (χ0v) is 16.0. The quantitative estimate of drug-likeness (QED) is 0.239. The van der Waals surface area contributed by atoms with Gasteiger partial charge in [-0.15, -0.1) is 0 Å². The summed E-state index contributed by atoms with van der Waals surface area (Å²) in [7, 11) is 0. The van der Waals surface area contributed by atoms with Gasteiger partial charge in [0.2, 0.25) is 0 Å². The fraction of sp³-hybridized carbons (Fsp3) is 0.158. The molecule has 1 fully saturated rings. The van der Waals surface area contributed by atoms with Crippen LogP contribution in [0.25, 0.3) is 5.76 Å². The summed E-state index contributed by atoms with van der Waals surface area (Å²) in [6.45, 7) is -0.502. The highest BCUT2D eigenvalue weighted by molar-refractivity contribution is 9.10. The fourth-order valence-corrected chi connectivity index (χ4v) is 3.37. The number of nitro benzene ring substituents is 1. The van der Waals surface area contributed by atoms with E-state index in [2.05, 4.69) is 15.9 Å². The predicted molar refractivity (Wildman–Crippen MR) is 103 cm³/mol. The second-order valence-electron chi connectivity index (χ2n) is 6.07. The second-order valence-corrected chi connectivity index (χ2v) is 6.99. The number of hydrogen-bond donors (Lipinski definition) is 2. The molecule has 1 heterocycles. The summed E-state index contributed by atoms with van der Waals surface area (Å²) in [5, 5.41) is 31.0. The summed E-state index contributed by atoms with van der Waals surface area (Å²) < 4.78 is 0.775. The lowest BCUT2D eigenvalue weighted by atomic mass is 9.95. The summed E-state index contributed by atoms with van der Waals surface area (Å²) in [6.07, 6.45) is 0. The number of amides is 1. The Kier molecular flexibility index (Phi) is 5.57. The highest BCUT2D eigenvalue weighted by atomic mass is 79.9. The summed E-state index contributed by atoms with van der Waals surface area (Å²) in [5.41, 5.74) is 0.486. The molecule has 1 unspecified atom stereocenters. The Morgan fingerprint density at radius 2 is 1.71 bits per heavy atom. The zero-order valence-electron chi connectivity index (χ0n) is 14.4. The molecule has 2 aromatic rings. The molecule has 0 aromatic heterocycles. The van der Waals surface area contributed by atoms with Gasteiger partial charge >= 0.3 is 0 Å². The number of aliphatic hydroxyl groups is 2. The van der Waals surface area contributed by atoms with E-state index in [9.17, 15) is 29.9 Å². The average molecular weight is 447 g/mol. The molecule has 0 radical (unpaired) electrons. The number of non-ortho nitro benzene ring substituents is 1. The van der Waals surface area contributed by atoms with Crippen LogP contribution in [0.5, 0.6) is 0 Å². The van der Waals surface area contributed by atoms with Gasteiger partial charge in [0, 0.05) is 28.7 Å². The molecule has 1 saturated heterocycles. The molecule has 1 atom stereocenters. The molecule has 1 aliphatic heterocycles. The average Bonchev–Trinajstić information content (AvgIpc) is 2.93. The molecule has 9 heteroatoms. The number of hydrogen-bond acceptors (Lipinski definition) is 6. The molecule has 2 aromatic carbocycles. The molecule has 0 spiro atoms. The van der Waals surface area contributed by atoms with Crippen molar-refractivity contribution in [1.82, 2.24) is 4.90 Å². The third kappa shape index (κ3) is 3.54. The predicted octanol–water partition coefficient (Wildman–Crippen LogP) is 2.77. The Balaban J connectivity index is 2.15. The smallest absolute Gasteiger partial charge is 0.295 e. The lowest BCUT2D eigenvalue weighted by Crippen LogP contribution is -2.32. The van der Waals surface area contributed by atoms with Crippen LogP contribution in [0.2, 0.25) is 0 Å². The molecule has 3 rings (SSSR count). The number of carbonyl (C=O) groups excluding carboxylic acids is 2. The number of Topliss-reactive ketones (excluding diaryl/α,β-unsaturated/α-hetero) is 1. The van der Waals surface area contributed by atoms with E-state index < -0.39 is 22.7 Å². The number of nitrogens with zero attached hydrogens (tertiary/aromatic N) is 2. The first kappa shape index (κ1) is 19.7. The van der Waals surface area contributed by atoms with Crippen molar-refractivity contribution in [2.75, 3.05) is 13.2 Å². The summed E-state index contributed by atoms with van der Waals surface area (Å²) in [5.74, 6) is -2.08. The van der Waals surface area contributed by atoms with Crippen LogP contribution in [0.1, 0.15) is 17.2 Å². The molecule has 1 aliphatic rings. The van der Waals surface area contributed by atoms with Crippen molar-refractivity contribution in [3.8, 4) is 0 Å². The number of halogens is 1. The van der Waals surface area contributed by atoms with Gasteiger partial charge in [0.1, 0.15) is 5.76 Å². The third-order valence-corrected chi connectivity index (χ3v) is 4.95. The minimum atomic E-state index is -0.961. The van der Waals surface area contributed by atoms with Crippen molar-refractivity contribution in [2.24, 2.45) is 0 Å². The highest BCUT2D eigenvalue weighted by Gasteiger charge is 2.45. The summed E-state index contributed by atoms with van der Waals surface area (Å²) in [6, 6.07) is 10.9. The Hall–Kier alpha value is -3.04. The van der Waals surface area contributed by atoms with E-state index in [1.165, 1.54) is 24.3 Å². The lowest BCUT2D eigenvalue weighted by molar-refractivity contribution is -0.384. The van der Waals surface area contributed by atoms with Gasteiger partial charge in [-0.1, -0.05) is 28.1 Å². The second kappa shape index (κ2) is 7.91. The van der Waals surface area contributed by atoms with Gasteiger partial charge in [-0.2, -0.15) is 0 Å². The van der Waals surface area contributed by atoms with Crippen molar-refractivity contribution in [2.45, 2.75) is 6.04 Å². The van der Waals surface area contributed by atoms with Crippen LogP contribution in [0.3, 0.4) is 0 Å². The Morgan fingerprint density at radius 1 is 1.11 bits per heavy atom. The van der Waals surface area contributed by atoms with Gasteiger partial charge in [0.25, 0.3) is 17.4 Å². The minimum absolute atomic E-state index is 0.122. The maximum absolute atomic E-state index is 12.6. The molecule has 2 N–H and O–H groups in total. The van der Waals surface area contributed by atoms with Gasteiger partial charge < -0.3 is 15.1 Å². The van der Waals surface area contributed by atoms with Gasteiger partial charge in [-0.3, -0.25) is 19.7 Å². The van der Waals surface area contributed by atoms with Crippen molar-refractivity contribution in [3.05, 3.63) is 79.8 Å². The summed E-state index contributed by atoms with van der Waals surface area (Å²) >= 11 is 3.29. The van der Waals surface area contributed by atoms with Crippen LogP contribution >= 0.6 is 15.9 Å². The van der Waals surface area contributed by atoms with E-state index >= 15 is 0 Å². The van der Waals surface area contributed by atoms with Crippen LogP contribution in [0, 0.1) is 10.1 Å². The van der Waals surface area contributed by atoms with E-state index in [0.717, 1.165) is 9.37 Å². The number of aliphatic hydroxyl groups excluding tert-OH is 2. The molecule has 8 nitrogen and oxygen atoms in total. The largest absolute Gasteiger partial charge is 0.507 e. The van der Waals surface area contributed by atoms with E-state index in [1.807, 2.05) is 0 Å². The Morgan fingerprint density at radius 3 is 2.25 bits per heavy atom. The maximum atomic E-state index is 12.6. The fourth-order valence-electron chi connectivity index (χ4n) is 3.11. The third-order valence-electron chi connectivity index (χ3n) is 4.42. The first-order valence-electron chi connectivity index (χ1n) is 8.24. The van der Waals surface area contributed by atoms with Crippen molar-refractivity contribution in [3.63, 3.8) is 0 Å². The molecular weight excluding hydrogens is 432 g/mol. The van der Waals surface area contributed by atoms with Crippen molar-refractivity contribution in [1.29, 1.82) is 0 Å². The molecule has 144 valence electrons. The number of rotatable bonds is 5. The molecule has 0 aliphatic carbocycles. The molecular formula is C19H15BrN2O6. The lowest BCUT2D eigenvalue weighted by Gasteiger charge is -2.24. The molecule has 1 amide bonds. The van der Waals surface area contributed by atoms with Crippen molar-refractivity contribution >= 4 is 39.1 Å². The van der Waals surface area contributed by atoms with E-state index in [-0.39, 0.29) is 30.2 Å². The molecule has 0 bridgehead atoms. The normalized spacial score (nSPS) is 18.5. The number of nitro groups is 1. The van der Waals surface area contributed by atoms with Gasteiger partial charge in [-0.25, -0.2) is 0 Å². The molecule has 28 heavy (non-hydrogen) atoms. The van der Waals surface area contributed by atoms with Gasteiger partial charge in [0.05, 0.1) is 23.1 Å². The van der Waals surface area contributed by atoms with E-state index in [1.54, 1.807) is 24.3 Å². The number of β-amino-alcohol motifs (C(OH)–C–C–N with tert-alkyl or cyclic N) is 1. The van der Waals surface area contributed by atoms with Gasteiger partial charge in [-0.05, 0) is 29.8 Å². The Labute approximate surface area is 168 Å². The number of carbonyl (C=O) groups is 2. The van der Waals surface area contributed by atoms with Gasteiger partial charge in [0.15, 0.2) is 0 Å². The highest BCUT2D eigenvalue weighted by Crippen LogP contribution is 2.39. The van der Waals surface area contributed by atoms with Crippen LogP contribution in [0.4, 0.5) is 5.69 Å². The maximum Gasteiger partial charge on any atom is 0.295 e. The topological polar surface area (TPSA) is 121 Å². The monoisotopic (exact) mass is 446 g/mol.